The van der Waals surface area contributed by atoms with Gasteiger partial charge in [0.2, 0.25) is 5.91 Å². The molecule has 2 aromatic carbocycles. The molecule has 0 spiro atoms. The molecule has 2 aromatic heterocycles. The monoisotopic (exact) mass is 362 g/mol. The van der Waals surface area contributed by atoms with Crippen molar-refractivity contribution in [3.8, 4) is 11.3 Å². The fourth-order valence-electron chi connectivity index (χ4n) is 3.22. The molecular weight excluding hydrogens is 343 g/mol. The molecule has 2 N–H and O–H groups in total. The number of benzene rings is 2. The van der Waals surface area contributed by atoms with Crippen molar-refractivity contribution >= 4 is 16.8 Å². The van der Waals surface area contributed by atoms with Gasteiger partial charge in [-0.2, -0.15) is 5.10 Å². The summed E-state index contributed by atoms with van der Waals surface area (Å²) in [5.41, 5.74) is 4.52. The number of H-pyrrole nitrogens is 2. The van der Waals surface area contributed by atoms with Gasteiger partial charge in [-0.1, -0.05) is 18.2 Å². The average molecular weight is 362 g/mol. The molecule has 0 saturated carbocycles. The molecule has 2 heterocycles. The Labute approximate surface area is 155 Å². The van der Waals surface area contributed by atoms with Gasteiger partial charge in [0, 0.05) is 41.8 Å². The van der Waals surface area contributed by atoms with E-state index in [4.69, 9.17) is 0 Å². The van der Waals surface area contributed by atoms with Crippen molar-refractivity contribution in [3.63, 3.8) is 0 Å². The van der Waals surface area contributed by atoms with E-state index < -0.39 is 0 Å². The average Bonchev–Trinajstić information content (AvgIpc) is 3.30. The van der Waals surface area contributed by atoms with Gasteiger partial charge in [-0.25, -0.2) is 4.39 Å². The topological polar surface area (TPSA) is 64.8 Å². The number of para-hydroxylation sites is 1. The van der Waals surface area contributed by atoms with E-state index in [9.17, 15) is 9.18 Å². The van der Waals surface area contributed by atoms with E-state index in [-0.39, 0.29) is 11.7 Å². The zero-order valence-electron chi connectivity index (χ0n) is 14.9. The number of hydrogen-bond acceptors (Lipinski definition) is 2. The number of carbonyl (C=O) groups excluding carboxylic acids is 1. The highest BCUT2D eigenvalue weighted by Gasteiger charge is 2.16. The molecule has 4 aromatic rings. The van der Waals surface area contributed by atoms with Gasteiger partial charge in [-0.3, -0.25) is 9.89 Å². The fourth-order valence-corrected chi connectivity index (χ4v) is 3.22. The van der Waals surface area contributed by atoms with Crippen LogP contribution in [0.5, 0.6) is 0 Å². The van der Waals surface area contributed by atoms with Crippen molar-refractivity contribution in [2.45, 2.75) is 13.0 Å². The van der Waals surface area contributed by atoms with Crippen LogP contribution in [-0.2, 0) is 17.8 Å². The predicted octanol–water partition coefficient (Wildman–Crippen LogP) is 3.90. The van der Waals surface area contributed by atoms with Crippen molar-refractivity contribution in [3.05, 3.63) is 77.9 Å². The van der Waals surface area contributed by atoms with Crippen LogP contribution in [-0.4, -0.2) is 33.0 Å². The number of hydrogen-bond donors (Lipinski definition) is 2. The third kappa shape index (κ3) is 3.46. The molecule has 27 heavy (non-hydrogen) atoms. The summed E-state index contributed by atoms with van der Waals surface area (Å²) in [6.07, 6.45) is 3.91. The highest BCUT2D eigenvalue weighted by atomic mass is 19.1. The van der Waals surface area contributed by atoms with Gasteiger partial charge < -0.3 is 9.88 Å². The van der Waals surface area contributed by atoms with E-state index in [0.29, 0.717) is 13.0 Å². The maximum absolute atomic E-state index is 13.2. The molecule has 0 aliphatic rings. The SMILES string of the molecule is CN(Cc1cn[nH]c1-c1ccc(F)cc1)C(=O)Cc1c[nH]c2ccccc12. The number of aromatic amines is 2. The summed E-state index contributed by atoms with van der Waals surface area (Å²) in [5.74, 6) is -0.267. The lowest BCUT2D eigenvalue weighted by Gasteiger charge is -2.17. The molecule has 0 saturated heterocycles. The van der Waals surface area contributed by atoms with Crippen LogP contribution in [0.2, 0.25) is 0 Å². The van der Waals surface area contributed by atoms with Crippen LogP contribution in [0.4, 0.5) is 4.39 Å². The van der Waals surface area contributed by atoms with Crippen molar-refractivity contribution in [1.29, 1.82) is 0 Å². The van der Waals surface area contributed by atoms with Crippen LogP contribution in [0.3, 0.4) is 0 Å². The number of rotatable bonds is 5. The van der Waals surface area contributed by atoms with Gasteiger partial charge in [-0.05, 0) is 35.9 Å². The standard InChI is InChI=1S/C21H19FN4O/c1-26(20(27)10-15-11-23-19-5-3-2-4-18(15)19)13-16-12-24-25-21(16)14-6-8-17(22)9-7-14/h2-9,11-12,23H,10,13H2,1H3,(H,24,25). The van der Waals surface area contributed by atoms with E-state index in [1.54, 1.807) is 30.3 Å². The summed E-state index contributed by atoms with van der Waals surface area (Å²) in [4.78, 5) is 17.6. The van der Waals surface area contributed by atoms with Crippen LogP contribution >= 0.6 is 0 Å². The lowest BCUT2D eigenvalue weighted by molar-refractivity contribution is -0.129. The van der Waals surface area contributed by atoms with Gasteiger partial charge >= 0.3 is 0 Å². The van der Waals surface area contributed by atoms with Gasteiger partial charge in [0.25, 0.3) is 0 Å². The number of amides is 1. The second kappa shape index (κ2) is 7.07. The molecule has 1 amide bonds. The summed E-state index contributed by atoms with van der Waals surface area (Å²) in [6, 6.07) is 14.1. The van der Waals surface area contributed by atoms with Crippen LogP contribution in [0.15, 0.2) is 60.9 Å². The Morgan fingerprint density at radius 3 is 2.70 bits per heavy atom. The lowest BCUT2D eigenvalue weighted by atomic mass is 10.1. The number of halogens is 1. The first-order valence-electron chi connectivity index (χ1n) is 8.69. The second-order valence-electron chi connectivity index (χ2n) is 6.56. The van der Waals surface area contributed by atoms with Gasteiger partial charge in [0.05, 0.1) is 18.3 Å². The number of nitrogens with zero attached hydrogens (tertiary/aromatic N) is 2. The lowest BCUT2D eigenvalue weighted by Crippen LogP contribution is -2.27. The second-order valence-corrected chi connectivity index (χ2v) is 6.56. The number of carbonyl (C=O) groups is 1. The van der Waals surface area contributed by atoms with Crippen molar-refractivity contribution in [1.82, 2.24) is 20.1 Å². The van der Waals surface area contributed by atoms with E-state index >= 15 is 0 Å². The van der Waals surface area contributed by atoms with E-state index in [2.05, 4.69) is 15.2 Å². The van der Waals surface area contributed by atoms with E-state index in [1.807, 2.05) is 30.5 Å². The Morgan fingerprint density at radius 1 is 1.11 bits per heavy atom. The molecule has 5 nitrogen and oxygen atoms in total. The molecule has 136 valence electrons. The van der Waals surface area contributed by atoms with Gasteiger partial charge in [-0.15, -0.1) is 0 Å². The van der Waals surface area contributed by atoms with Crippen LogP contribution in [0.25, 0.3) is 22.2 Å². The summed E-state index contributed by atoms with van der Waals surface area (Å²) >= 11 is 0. The zero-order valence-corrected chi connectivity index (χ0v) is 14.9. The Morgan fingerprint density at radius 2 is 1.89 bits per heavy atom. The molecular formula is C21H19FN4O. The predicted molar refractivity (Wildman–Crippen MR) is 102 cm³/mol. The maximum atomic E-state index is 13.2. The maximum Gasteiger partial charge on any atom is 0.227 e. The Kier molecular flexibility index (Phi) is 4.46. The van der Waals surface area contributed by atoms with E-state index in [1.165, 1.54) is 12.1 Å². The highest BCUT2D eigenvalue weighted by molar-refractivity contribution is 5.88. The third-order valence-corrected chi connectivity index (χ3v) is 4.70. The first-order chi connectivity index (χ1) is 13.1. The van der Waals surface area contributed by atoms with Gasteiger partial charge in [0.1, 0.15) is 5.82 Å². The summed E-state index contributed by atoms with van der Waals surface area (Å²) in [5, 5.41) is 8.09. The first kappa shape index (κ1) is 17.0. The number of likely N-dealkylation sites (N-methyl/N-ethyl adjacent to an activating group) is 1. The molecule has 0 aliphatic heterocycles. The van der Waals surface area contributed by atoms with Crippen molar-refractivity contribution in [2.75, 3.05) is 7.05 Å². The quantitative estimate of drug-likeness (QED) is 0.566. The Bertz CT molecular complexity index is 1080. The fraction of sp³-hybridized carbons (Fsp3) is 0.143. The van der Waals surface area contributed by atoms with Crippen molar-refractivity contribution in [2.24, 2.45) is 0 Å². The van der Waals surface area contributed by atoms with Crippen LogP contribution < -0.4 is 0 Å². The minimum Gasteiger partial charge on any atom is -0.361 e. The number of nitrogens with one attached hydrogen (secondary N) is 2. The summed E-state index contributed by atoms with van der Waals surface area (Å²) in [6.45, 7) is 0.421. The highest BCUT2D eigenvalue weighted by Crippen LogP contribution is 2.23. The molecule has 0 aliphatic carbocycles. The molecule has 0 atom stereocenters. The number of aromatic nitrogens is 3. The van der Waals surface area contributed by atoms with Gasteiger partial charge in [0.15, 0.2) is 0 Å². The third-order valence-electron chi connectivity index (χ3n) is 4.70. The Balaban J connectivity index is 1.49. The van der Waals surface area contributed by atoms with Crippen LogP contribution in [0, 0.1) is 5.82 Å². The van der Waals surface area contributed by atoms with Crippen molar-refractivity contribution < 1.29 is 9.18 Å². The Hall–Kier alpha value is -3.41. The molecule has 0 radical (unpaired) electrons. The molecule has 6 heteroatoms. The van der Waals surface area contributed by atoms with E-state index in [0.717, 1.165) is 33.3 Å². The largest absolute Gasteiger partial charge is 0.361 e. The summed E-state index contributed by atoms with van der Waals surface area (Å²) in [7, 11) is 1.78. The number of fused-ring (bicyclic) bond motifs is 1. The normalized spacial score (nSPS) is 11.0. The zero-order chi connectivity index (χ0) is 18.8. The molecule has 0 unspecified atom stereocenters. The molecule has 4 rings (SSSR count). The minimum atomic E-state index is -0.286. The first-order valence-corrected chi connectivity index (χ1v) is 8.69. The smallest absolute Gasteiger partial charge is 0.227 e. The van der Waals surface area contributed by atoms with Crippen LogP contribution in [0.1, 0.15) is 11.1 Å². The summed E-state index contributed by atoms with van der Waals surface area (Å²) < 4.78 is 13.2. The molecule has 0 bridgehead atoms. The minimum absolute atomic E-state index is 0.0195. The molecule has 0 fully saturated rings.